The molecule has 0 unspecified atom stereocenters. The van der Waals surface area contributed by atoms with Gasteiger partial charge in [-0.3, -0.25) is 5.32 Å². The standard InChI is InChI=1S/C12H15NO5/c1-16-10(11(14)17-2)13-12(15)18-8-9-6-4-3-5-7-9/h3-7,10H,8H2,1-2H3,(H,13,15)/t10-/m1/s1. The summed E-state index contributed by atoms with van der Waals surface area (Å²) in [7, 11) is 2.48. The first-order chi connectivity index (χ1) is 8.67. The number of rotatable bonds is 5. The van der Waals surface area contributed by atoms with Crippen molar-refractivity contribution in [2.75, 3.05) is 14.2 Å². The van der Waals surface area contributed by atoms with Crippen LogP contribution in [0.5, 0.6) is 0 Å². The van der Waals surface area contributed by atoms with Crippen molar-refractivity contribution in [3.8, 4) is 0 Å². The van der Waals surface area contributed by atoms with Crippen LogP contribution in [0.1, 0.15) is 5.56 Å². The first-order valence-corrected chi connectivity index (χ1v) is 5.25. The molecule has 0 saturated carbocycles. The summed E-state index contributed by atoms with van der Waals surface area (Å²) in [5.74, 6) is -0.700. The summed E-state index contributed by atoms with van der Waals surface area (Å²) in [6, 6.07) is 9.18. The fourth-order valence-corrected chi connectivity index (χ4v) is 1.19. The van der Waals surface area contributed by atoms with Gasteiger partial charge in [0.1, 0.15) is 6.61 Å². The van der Waals surface area contributed by atoms with Gasteiger partial charge < -0.3 is 14.2 Å². The van der Waals surface area contributed by atoms with Gasteiger partial charge >= 0.3 is 12.1 Å². The summed E-state index contributed by atoms with van der Waals surface area (Å²) >= 11 is 0. The van der Waals surface area contributed by atoms with Crippen LogP contribution in [-0.2, 0) is 25.6 Å². The zero-order valence-corrected chi connectivity index (χ0v) is 10.2. The Hall–Kier alpha value is -2.08. The SMILES string of the molecule is COC(=O)[C@H](NC(=O)OCc1ccccc1)OC. The fraction of sp³-hybridized carbons (Fsp3) is 0.333. The van der Waals surface area contributed by atoms with Gasteiger partial charge in [0.2, 0.25) is 6.23 Å². The van der Waals surface area contributed by atoms with E-state index in [1.807, 2.05) is 30.3 Å². The minimum Gasteiger partial charge on any atom is -0.466 e. The van der Waals surface area contributed by atoms with Crippen LogP contribution in [0.2, 0.25) is 0 Å². The third-order valence-electron chi connectivity index (χ3n) is 2.11. The second-order valence-corrected chi connectivity index (χ2v) is 3.34. The molecule has 0 aromatic heterocycles. The van der Waals surface area contributed by atoms with Crippen LogP contribution in [0.15, 0.2) is 30.3 Å². The summed E-state index contributed by atoms with van der Waals surface area (Å²) < 4.78 is 14.1. The van der Waals surface area contributed by atoms with Crippen LogP contribution in [0.25, 0.3) is 0 Å². The molecule has 0 spiro atoms. The second kappa shape index (κ2) is 7.29. The average molecular weight is 253 g/mol. The minimum absolute atomic E-state index is 0.115. The predicted octanol–water partition coefficient (Wildman–Crippen LogP) is 1.06. The highest BCUT2D eigenvalue weighted by molar-refractivity contribution is 5.79. The molecule has 6 nitrogen and oxygen atoms in total. The lowest BCUT2D eigenvalue weighted by molar-refractivity contribution is -0.153. The van der Waals surface area contributed by atoms with E-state index in [1.165, 1.54) is 14.2 Å². The van der Waals surface area contributed by atoms with Crippen molar-refractivity contribution in [2.45, 2.75) is 12.8 Å². The number of carbonyl (C=O) groups is 2. The molecule has 98 valence electrons. The van der Waals surface area contributed by atoms with Crippen LogP contribution in [0.3, 0.4) is 0 Å². The molecule has 0 aliphatic heterocycles. The molecule has 1 N–H and O–H groups in total. The van der Waals surface area contributed by atoms with Gasteiger partial charge in [0.15, 0.2) is 0 Å². The molecule has 0 saturated heterocycles. The highest BCUT2D eigenvalue weighted by atomic mass is 16.6. The van der Waals surface area contributed by atoms with Crippen molar-refractivity contribution in [2.24, 2.45) is 0 Å². The zero-order chi connectivity index (χ0) is 13.4. The Balaban J connectivity index is 2.39. The highest BCUT2D eigenvalue weighted by Gasteiger charge is 2.21. The summed E-state index contributed by atoms with van der Waals surface area (Å²) in [5.41, 5.74) is 0.847. The topological polar surface area (TPSA) is 73.9 Å². The van der Waals surface area contributed by atoms with Gasteiger partial charge in [-0.1, -0.05) is 30.3 Å². The van der Waals surface area contributed by atoms with E-state index >= 15 is 0 Å². The van der Waals surface area contributed by atoms with Crippen LogP contribution in [0, 0.1) is 0 Å². The van der Waals surface area contributed by atoms with E-state index in [2.05, 4.69) is 10.1 Å². The van der Waals surface area contributed by atoms with Gasteiger partial charge in [0, 0.05) is 7.11 Å². The van der Waals surface area contributed by atoms with Gasteiger partial charge in [0.25, 0.3) is 0 Å². The maximum Gasteiger partial charge on any atom is 0.409 e. The Morgan fingerprint density at radius 2 is 1.89 bits per heavy atom. The number of hydrogen-bond acceptors (Lipinski definition) is 5. The van der Waals surface area contributed by atoms with E-state index in [9.17, 15) is 9.59 Å². The molecule has 18 heavy (non-hydrogen) atoms. The first kappa shape index (κ1) is 14.0. The molecule has 0 fully saturated rings. The van der Waals surface area contributed by atoms with Gasteiger partial charge in [-0.05, 0) is 5.56 Å². The van der Waals surface area contributed by atoms with Crippen molar-refractivity contribution >= 4 is 12.1 Å². The molecule has 1 amide bonds. The molecule has 0 radical (unpaired) electrons. The lowest BCUT2D eigenvalue weighted by Gasteiger charge is -2.14. The second-order valence-electron chi connectivity index (χ2n) is 3.34. The normalized spacial score (nSPS) is 11.4. The number of amides is 1. The summed E-state index contributed by atoms with van der Waals surface area (Å²) in [6.45, 7) is 0.115. The van der Waals surface area contributed by atoms with Crippen LogP contribution >= 0.6 is 0 Å². The Morgan fingerprint density at radius 3 is 2.44 bits per heavy atom. The third-order valence-corrected chi connectivity index (χ3v) is 2.11. The fourth-order valence-electron chi connectivity index (χ4n) is 1.19. The molecular weight excluding hydrogens is 238 g/mol. The van der Waals surface area contributed by atoms with E-state index in [0.29, 0.717) is 0 Å². The summed E-state index contributed by atoms with van der Waals surface area (Å²) in [4.78, 5) is 22.5. The maximum absolute atomic E-state index is 11.4. The summed E-state index contributed by atoms with van der Waals surface area (Å²) in [6.07, 6.45) is -1.92. The van der Waals surface area contributed by atoms with E-state index in [1.54, 1.807) is 0 Å². The van der Waals surface area contributed by atoms with Crippen molar-refractivity contribution < 1.29 is 23.8 Å². The minimum atomic E-state index is -1.17. The largest absolute Gasteiger partial charge is 0.466 e. The number of alkyl carbamates (subject to hydrolysis) is 1. The summed E-state index contributed by atoms with van der Waals surface area (Å²) in [5, 5.41) is 2.23. The third kappa shape index (κ3) is 4.42. The van der Waals surface area contributed by atoms with E-state index in [4.69, 9.17) is 9.47 Å². The lowest BCUT2D eigenvalue weighted by Crippen LogP contribution is -2.42. The Bertz CT molecular complexity index is 393. The lowest BCUT2D eigenvalue weighted by atomic mass is 10.2. The molecule has 0 aliphatic carbocycles. The molecule has 6 heteroatoms. The average Bonchev–Trinajstić information content (AvgIpc) is 2.42. The number of methoxy groups -OCH3 is 2. The monoisotopic (exact) mass is 253 g/mol. The predicted molar refractivity (Wildman–Crippen MR) is 62.6 cm³/mol. The first-order valence-electron chi connectivity index (χ1n) is 5.25. The Labute approximate surface area is 105 Å². The number of nitrogens with one attached hydrogen (secondary N) is 1. The number of esters is 1. The van der Waals surface area contributed by atoms with Gasteiger partial charge in [0.05, 0.1) is 7.11 Å². The van der Waals surface area contributed by atoms with E-state index in [0.717, 1.165) is 5.56 Å². The number of ether oxygens (including phenoxy) is 3. The van der Waals surface area contributed by atoms with Crippen molar-refractivity contribution in [3.63, 3.8) is 0 Å². The molecule has 0 aliphatic rings. The van der Waals surface area contributed by atoms with Gasteiger partial charge in [-0.15, -0.1) is 0 Å². The van der Waals surface area contributed by atoms with E-state index in [-0.39, 0.29) is 6.61 Å². The van der Waals surface area contributed by atoms with Crippen LogP contribution < -0.4 is 5.32 Å². The molecular formula is C12H15NO5. The number of hydrogen-bond donors (Lipinski definition) is 1. The molecule has 0 heterocycles. The zero-order valence-electron chi connectivity index (χ0n) is 10.2. The Kier molecular flexibility index (Phi) is 5.66. The smallest absolute Gasteiger partial charge is 0.409 e. The van der Waals surface area contributed by atoms with Crippen LogP contribution in [-0.4, -0.2) is 32.5 Å². The van der Waals surface area contributed by atoms with Crippen molar-refractivity contribution in [1.29, 1.82) is 0 Å². The Morgan fingerprint density at radius 1 is 1.22 bits per heavy atom. The van der Waals surface area contributed by atoms with Gasteiger partial charge in [-0.2, -0.15) is 0 Å². The molecule has 0 bridgehead atoms. The van der Waals surface area contributed by atoms with E-state index < -0.39 is 18.3 Å². The molecule has 1 atom stereocenters. The quantitative estimate of drug-likeness (QED) is 0.627. The number of benzene rings is 1. The molecule has 1 aromatic carbocycles. The molecule has 1 aromatic rings. The molecule has 1 rings (SSSR count). The van der Waals surface area contributed by atoms with Gasteiger partial charge in [-0.25, -0.2) is 9.59 Å². The highest BCUT2D eigenvalue weighted by Crippen LogP contribution is 2.01. The number of carbonyl (C=O) groups excluding carboxylic acids is 2. The van der Waals surface area contributed by atoms with Crippen molar-refractivity contribution in [3.05, 3.63) is 35.9 Å². The maximum atomic E-state index is 11.4. The van der Waals surface area contributed by atoms with Crippen molar-refractivity contribution in [1.82, 2.24) is 5.32 Å². The van der Waals surface area contributed by atoms with Crippen LogP contribution in [0.4, 0.5) is 4.79 Å².